The summed E-state index contributed by atoms with van der Waals surface area (Å²) in [7, 11) is 1.70. The summed E-state index contributed by atoms with van der Waals surface area (Å²) < 4.78 is 5.40. The molecule has 1 unspecified atom stereocenters. The Morgan fingerprint density at radius 1 is 1.47 bits per heavy atom. The van der Waals surface area contributed by atoms with Gasteiger partial charge in [0.05, 0.1) is 7.11 Å². The van der Waals surface area contributed by atoms with Crippen LogP contribution in [0.3, 0.4) is 0 Å². The van der Waals surface area contributed by atoms with Gasteiger partial charge in [-0.05, 0) is 30.0 Å². The zero-order valence-corrected chi connectivity index (χ0v) is 12.7. The summed E-state index contributed by atoms with van der Waals surface area (Å²) in [6, 6.07) is 6.06. The SMILES string of the molecule is COc1ccc(Cl)cc1CN1CCC(N)C(C)(C)C1. The molecule has 106 valence electrons. The lowest BCUT2D eigenvalue weighted by Crippen LogP contribution is -2.52. The minimum atomic E-state index is 0.157. The summed E-state index contributed by atoms with van der Waals surface area (Å²) in [6.45, 7) is 7.36. The molecule has 19 heavy (non-hydrogen) atoms. The molecule has 1 aromatic carbocycles. The third-order valence-electron chi connectivity index (χ3n) is 4.03. The van der Waals surface area contributed by atoms with Crippen LogP contribution >= 0.6 is 11.6 Å². The van der Waals surface area contributed by atoms with Crippen LogP contribution in [0.2, 0.25) is 5.02 Å². The number of nitrogens with zero attached hydrogens (tertiary/aromatic N) is 1. The number of hydrogen-bond donors (Lipinski definition) is 1. The fourth-order valence-corrected chi connectivity index (χ4v) is 2.93. The molecule has 1 heterocycles. The molecule has 0 bridgehead atoms. The highest BCUT2D eigenvalue weighted by molar-refractivity contribution is 6.30. The van der Waals surface area contributed by atoms with Crippen LogP contribution in [0.4, 0.5) is 0 Å². The van der Waals surface area contributed by atoms with Gasteiger partial charge in [0.15, 0.2) is 0 Å². The highest BCUT2D eigenvalue weighted by Gasteiger charge is 2.33. The van der Waals surface area contributed by atoms with E-state index in [2.05, 4.69) is 18.7 Å². The smallest absolute Gasteiger partial charge is 0.123 e. The van der Waals surface area contributed by atoms with Gasteiger partial charge >= 0.3 is 0 Å². The topological polar surface area (TPSA) is 38.5 Å². The number of halogens is 1. The molecule has 4 heteroatoms. The van der Waals surface area contributed by atoms with Crippen LogP contribution in [0.1, 0.15) is 25.8 Å². The van der Waals surface area contributed by atoms with Crippen molar-refractivity contribution in [2.75, 3.05) is 20.2 Å². The molecular formula is C15H23ClN2O. The summed E-state index contributed by atoms with van der Waals surface area (Å²) >= 11 is 6.08. The van der Waals surface area contributed by atoms with Gasteiger partial charge in [-0.1, -0.05) is 25.4 Å². The number of nitrogens with two attached hydrogens (primary N) is 1. The van der Waals surface area contributed by atoms with Crippen molar-refractivity contribution >= 4 is 11.6 Å². The summed E-state index contributed by atoms with van der Waals surface area (Å²) in [5, 5.41) is 0.753. The van der Waals surface area contributed by atoms with E-state index in [4.69, 9.17) is 22.1 Å². The average Bonchev–Trinajstić information content (AvgIpc) is 2.34. The Kier molecular flexibility index (Phi) is 4.39. The molecule has 2 N–H and O–H groups in total. The fraction of sp³-hybridized carbons (Fsp3) is 0.600. The molecule has 2 rings (SSSR count). The van der Waals surface area contributed by atoms with Crippen LogP contribution in [-0.2, 0) is 6.54 Å². The van der Waals surface area contributed by atoms with E-state index in [-0.39, 0.29) is 11.5 Å². The lowest BCUT2D eigenvalue weighted by molar-refractivity contribution is 0.0892. The standard InChI is InChI=1S/C15H23ClN2O/c1-15(2)10-18(7-6-14(15)17)9-11-8-12(16)4-5-13(11)19-3/h4-5,8,14H,6-7,9-10,17H2,1-3H3. The van der Waals surface area contributed by atoms with E-state index in [0.717, 1.165) is 42.4 Å². The number of hydrogen-bond acceptors (Lipinski definition) is 3. The first-order valence-corrected chi connectivity index (χ1v) is 7.10. The Morgan fingerprint density at radius 2 is 2.21 bits per heavy atom. The summed E-state index contributed by atoms with van der Waals surface area (Å²) in [4.78, 5) is 2.43. The number of likely N-dealkylation sites (tertiary alicyclic amines) is 1. The van der Waals surface area contributed by atoms with E-state index in [1.807, 2.05) is 18.2 Å². The van der Waals surface area contributed by atoms with Gasteiger partial charge in [-0.2, -0.15) is 0 Å². The monoisotopic (exact) mass is 282 g/mol. The van der Waals surface area contributed by atoms with Crippen molar-refractivity contribution in [1.82, 2.24) is 4.90 Å². The zero-order chi connectivity index (χ0) is 14.0. The Morgan fingerprint density at radius 3 is 2.84 bits per heavy atom. The Labute approximate surface area is 120 Å². The molecule has 0 amide bonds. The summed E-state index contributed by atoms with van der Waals surface area (Å²) in [5.41, 5.74) is 7.47. The van der Waals surface area contributed by atoms with E-state index < -0.39 is 0 Å². The van der Waals surface area contributed by atoms with Gasteiger partial charge in [-0.25, -0.2) is 0 Å². The van der Waals surface area contributed by atoms with Gasteiger partial charge in [-0.15, -0.1) is 0 Å². The number of rotatable bonds is 3. The first kappa shape index (κ1) is 14.6. The molecule has 0 saturated carbocycles. The van der Waals surface area contributed by atoms with Gasteiger partial charge in [-0.3, -0.25) is 4.90 Å². The second-order valence-corrected chi connectivity index (χ2v) is 6.49. The molecule has 1 aliphatic heterocycles. The summed E-state index contributed by atoms with van der Waals surface area (Å²) in [6.07, 6.45) is 1.04. The first-order valence-electron chi connectivity index (χ1n) is 6.73. The van der Waals surface area contributed by atoms with Crippen LogP contribution in [0, 0.1) is 5.41 Å². The van der Waals surface area contributed by atoms with Crippen molar-refractivity contribution in [3.05, 3.63) is 28.8 Å². The van der Waals surface area contributed by atoms with E-state index in [9.17, 15) is 0 Å². The molecular weight excluding hydrogens is 260 g/mol. The Hall–Kier alpha value is -0.770. The van der Waals surface area contributed by atoms with Gasteiger partial charge in [0.2, 0.25) is 0 Å². The largest absolute Gasteiger partial charge is 0.496 e. The highest BCUT2D eigenvalue weighted by atomic mass is 35.5. The zero-order valence-electron chi connectivity index (χ0n) is 11.9. The van der Waals surface area contributed by atoms with Crippen molar-refractivity contribution in [3.63, 3.8) is 0 Å². The Bertz CT molecular complexity index is 448. The highest BCUT2D eigenvalue weighted by Crippen LogP contribution is 2.30. The predicted octanol–water partition coefficient (Wildman–Crippen LogP) is 2.91. The number of piperidine rings is 1. The second-order valence-electron chi connectivity index (χ2n) is 6.05. The van der Waals surface area contributed by atoms with Crippen LogP contribution < -0.4 is 10.5 Å². The van der Waals surface area contributed by atoms with Crippen molar-refractivity contribution in [1.29, 1.82) is 0 Å². The molecule has 1 fully saturated rings. The van der Waals surface area contributed by atoms with Gasteiger partial charge in [0, 0.05) is 36.3 Å². The first-order chi connectivity index (χ1) is 8.92. The lowest BCUT2D eigenvalue weighted by Gasteiger charge is -2.42. The van der Waals surface area contributed by atoms with Crippen LogP contribution in [0.5, 0.6) is 5.75 Å². The maximum absolute atomic E-state index is 6.18. The molecule has 1 saturated heterocycles. The van der Waals surface area contributed by atoms with Crippen molar-refractivity contribution in [2.24, 2.45) is 11.1 Å². The third-order valence-corrected chi connectivity index (χ3v) is 4.26. The lowest BCUT2D eigenvalue weighted by atomic mass is 9.79. The third kappa shape index (κ3) is 3.41. The fourth-order valence-electron chi connectivity index (χ4n) is 2.73. The molecule has 1 aromatic rings. The summed E-state index contributed by atoms with van der Waals surface area (Å²) in [5.74, 6) is 0.900. The molecule has 0 aliphatic carbocycles. The quantitative estimate of drug-likeness (QED) is 0.926. The van der Waals surface area contributed by atoms with E-state index >= 15 is 0 Å². The number of ether oxygens (including phenoxy) is 1. The average molecular weight is 283 g/mol. The van der Waals surface area contributed by atoms with E-state index in [1.54, 1.807) is 7.11 Å². The van der Waals surface area contributed by atoms with E-state index in [0.29, 0.717) is 0 Å². The molecule has 1 atom stereocenters. The molecule has 0 aromatic heterocycles. The van der Waals surface area contributed by atoms with Gasteiger partial charge < -0.3 is 10.5 Å². The van der Waals surface area contributed by atoms with Crippen molar-refractivity contribution in [2.45, 2.75) is 32.9 Å². The Balaban J connectivity index is 2.11. The van der Waals surface area contributed by atoms with Gasteiger partial charge in [0.25, 0.3) is 0 Å². The van der Waals surface area contributed by atoms with Crippen LogP contribution in [0.15, 0.2) is 18.2 Å². The molecule has 0 radical (unpaired) electrons. The molecule has 0 spiro atoms. The maximum Gasteiger partial charge on any atom is 0.123 e. The second kappa shape index (κ2) is 5.70. The van der Waals surface area contributed by atoms with Crippen molar-refractivity contribution in [3.8, 4) is 5.75 Å². The van der Waals surface area contributed by atoms with E-state index in [1.165, 1.54) is 0 Å². The molecule has 3 nitrogen and oxygen atoms in total. The van der Waals surface area contributed by atoms with Crippen molar-refractivity contribution < 1.29 is 4.74 Å². The number of methoxy groups -OCH3 is 1. The minimum Gasteiger partial charge on any atom is -0.496 e. The predicted molar refractivity (Wildman–Crippen MR) is 79.7 cm³/mol. The minimum absolute atomic E-state index is 0.157. The van der Waals surface area contributed by atoms with Crippen LogP contribution in [-0.4, -0.2) is 31.1 Å². The van der Waals surface area contributed by atoms with Crippen LogP contribution in [0.25, 0.3) is 0 Å². The maximum atomic E-state index is 6.18. The van der Waals surface area contributed by atoms with Gasteiger partial charge in [0.1, 0.15) is 5.75 Å². The molecule has 1 aliphatic rings. The number of benzene rings is 1. The normalized spacial score (nSPS) is 23.3.